The zero-order valence-electron chi connectivity index (χ0n) is 15.2. The van der Waals surface area contributed by atoms with E-state index in [2.05, 4.69) is 34.3 Å². The number of likely N-dealkylation sites (tertiary alicyclic amines) is 1. The molecule has 1 aliphatic heterocycles. The van der Waals surface area contributed by atoms with Gasteiger partial charge in [0.05, 0.1) is 7.11 Å². The van der Waals surface area contributed by atoms with Crippen LogP contribution in [0, 0.1) is 0 Å². The third-order valence-corrected chi connectivity index (χ3v) is 5.75. The highest BCUT2D eigenvalue weighted by atomic mass is 16.5. The van der Waals surface area contributed by atoms with Gasteiger partial charge in [0.2, 0.25) is 0 Å². The Morgan fingerprint density at radius 2 is 1.92 bits per heavy atom. The minimum Gasteiger partial charge on any atom is -0.497 e. The van der Waals surface area contributed by atoms with E-state index in [-0.39, 0.29) is 0 Å². The van der Waals surface area contributed by atoms with Crippen LogP contribution in [0.1, 0.15) is 67.1 Å². The van der Waals surface area contributed by atoms with Crippen molar-refractivity contribution >= 4 is 0 Å². The van der Waals surface area contributed by atoms with Crippen LogP contribution in [0.25, 0.3) is 0 Å². The number of ether oxygens (including phenoxy) is 1. The van der Waals surface area contributed by atoms with E-state index in [0.29, 0.717) is 6.04 Å². The van der Waals surface area contributed by atoms with Crippen LogP contribution in [0.5, 0.6) is 5.75 Å². The topological polar surface area (TPSA) is 38.5 Å². The van der Waals surface area contributed by atoms with Crippen molar-refractivity contribution < 1.29 is 9.26 Å². The number of nitrogens with zero attached hydrogens (tertiary/aromatic N) is 2. The van der Waals surface area contributed by atoms with Gasteiger partial charge in [0.25, 0.3) is 0 Å². The van der Waals surface area contributed by atoms with Crippen molar-refractivity contribution in [1.29, 1.82) is 0 Å². The van der Waals surface area contributed by atoms with E-state index in [1.54, 1.807) is 7.11 Å². The third-order valence-electron chi connectivity index (χ3n) is 5.75. The molecule has 1 unspecified atom stereocenters. The number of fused-ring (bicyclic) bond motifs is 1. The molecule has 1 aliphatic carbocycles. The lowest BCUT2D eigenvalue weighted by molar-refractivity contribution is 0.186. The van der Waals surface area contributed by atoms with E-state index < -0.39 is 0 Å². The Labute approximate surface area is 150 Å². The molecule has 1 saturated heterocycles. The number of rotatable bonds is 4. The van der Waals surface area contributed by atoms with E-state index in [4.69, 9.17) is 9.26 Å². The molecule has 1 fully saturated rings. The highest BCUT2D eigenvalue weighted by Crippen LogP contribution is 2.33. The summed E-state index contributed by atoms with van der Waals surface area (Å²) >= 11 is 0. The van der Waals surface area contributed by atoms with Crippen LogP contribution in [-0.2, 0) is 19.4 Å². The molecule has 2 heterocycles. The smallest absolute Gasteiger partial charge is 0.140 e. The third kappa shape index (κ3) is 3.59. The fourth-order valence-electron chi connectivity index (χ4n) is 4.33. The van der Waals surface area contributed by atoms with Gasteiger partial charge in [0.1, 0.15) is 17.2 Å². The Hall–Kier alpha value is -1.81. The molecule has 1 aromatic carbocycles. The van der Waals surface area contributed by atoms with Crippen LogP contribution in [0.15, 0.2) is 28.8 Å². The van der Waals surface area contributed by atoms with Gasteiger partial charge in [-0.1, -0.05) is 30.1 Å². The Balaban J connectivity index is 1.57. The van der Waals surface area contributed by atoms with Crippen molar-refractivity contribution in [3.63, 3.8) is 0 Å². The molecule has 2 aromatic rings. The van der Waals surface area contributed by atoms with Gasteiger partial charge >= 0.3 is 0 Å². The molecule has 0 bridgehead atoms. The molecular weight excluding hydrogens is 312 g/mol. The number of aryl methyl sites for hydroxylation is 1. The SMILES string of the molecule is COc1ccc(C2CCCCCN2Cc2noc3c2CCCC3)cc1. The van der Waals surface area contributed by atoms with Crippen molar-refractivity contribution in [3.8, 4) is 5.75 Å². The standard InChI is InChI=1S/C21H28N2O2/c1-24-17-12-10-16(11-13-17)20-8-3-2-6-14-23(20)15-19-18-7-4-5-9-21(18)25-22-19/h10-13,20H,2-9,14-15H2,1H3. The molecule has 4 heteroatoms. The van der Waals surface area contributed by atoms with E-state index in [1.165, 1.54) is 55.3 Å². The van der Waals surface area contributed by atoms with E-state index in [1.807, 2.05) is 0 Å². The first kappa shape index (κ1) is 16.6. The van der Waals surface area contributed by atoms with Crippen molar-refractivity contribution in [3.05, 3.63) is 46.8 Å². The summed E-state index contributed by atoms with van der Waals surface area (Å²) in [7, 11) is 1.72. The second kappa shape index (κ2) is 7.61. The van der Waals surface area contributed by atoms with Crippen LogP contribution in [0.4, 0.5) is 0 Å². The van der Waals surface area contributed by atoms with Crippen molar-refractivity contribution in [2.75, 3.05) is 13.7 Å². The second-order valence-corrected chi connectivity index (χ2v) is 7.35. The molecule has 4 rings (SSSR count). The maximum absolute atomic E-state index is 5.64. The minimum atomic E-state index is 0.462. The molecule has 0 spiro atoms. The lowest BCUT2D eigenvalue weighted by Gasteiger charge is -2.30. The van der Waals surface area contributed by atoms with E-state index in [0.717, 1.165) is 37.4 Å². The van der Waals surface area contributed by atoms with Gasteiger partial charge in [-0.2, -0.15) is 0 Å². The fourth-order valence-corrected chi connectivity index (χ4v) is 4.33. The Bertz CT molecular complexity index is 692. The van der Waals surface area contributed by atoms with Crippen LogP contribution >= 0.6 is 0 Å². The zero-order valence-corrected chi connectivity index (χ0v) is 15.2. The monoisotopic (exact) mass is 340 g/mol. The van der Waals surface area contributed by atoms with Crippen molar-refractivity contribution in [1.82, 2.24) is 10.1 Å². The highest BCUT2D eigenvalue weighted by Gasteiger charge is 2.26. The van der Waals surface area contributed by atoms with Gasteiger partial charge in [-0.15, -0.1) is 0 Å². The summed E-state index contributed by atoms with van der Waals surface area (Å²) in [5.74, 6) is 2.06. The molecule has 1 aromatic heterocycles. The van der Waals surface area contributed by atoms with Gasteiger partial charge < -0.3 is 9.26 Å². The summed E-state index contributed by atoms with van der Waals surface area (Å²) < 4.78 is 11.0. The molecule has 1 atom stereocenters. The molecule has 25 heavy (non-hydrogen) atoms. The predicted molar refractivity (Wildman–Crippen MR) is 97.8 cm³/mol. The molecule has 0 amide bonds. The van der Waals surface area contributed by atoms with Gasteiger partial charge in [-0.3, -0.25) is 4.90 Å². The first-order valence-corrected chi connectivity index (χ1v) is 9.69. The number of hydrogen-bond donors (Lipinski definition) is 0. The lowest BCUT2D eigenvalue weighted by Crippen LogP contribution is -2.28. The molecule has 0 radical (unpaired) electrons. The summed E-state index contributed by atoms with van der Waals surface area (Å²) in [4.78, 5) is 2.61. The van der Waals surface area contributed by atoms with Crippen LogP contribution in [0.2, 0.25) is 0 Å². The normalized spacial score (nSPS) is 21.6. The number of benzene rings is 1. The van der Waals surface area contributed by atoms with Crippen LogP contribution in [-0.4, -0.2) is 23.7 Å². The predicted octanol–water partition coefficient (Wildman–Crippen LogP) is 4.68. The maximum Gasteiger partial charge on any atom is 0.140 e. The first-order valence-electron chi connectivity index (χ1n) is 9.69. The first-order chi connectivity index (χ1) is 12.3. The van der Waals surface area contributed by atoms with Gasteiger partial charge in [-0.25, -0.2) is 0 Å². The minimum absolute atomic E-state index is 0.462. The maximum atomic E-state index is 5.64. The lowest BCUT2D eigenvalue weighted by atomic mass is 9.95. The molecule has 134 valence electrons. The summed E-state index contributed by atoms with van der Waals surface area (Å²) in [6, 6.07) is 9.07. The summed E-state index contributed by atoms with van der Waals surface area (Å²) in [5.41, 5.74) is 3.96. The fraction of sp³-hybridized carbons (Fsp3) is 0.571. The summed E-state index contributed by atoms with van der Waals surface area (Å²) in [5, 5.41) is 4.44. The van der Waals surface area contributed by atoms with Crippen LogP contribution < -0.4 is 4.74 Å². The summed E-state index contributed by atoms with van der Waals surface area (Å²) in [6.45, 7) is 2.05. The molecule has 0 saturated carbocycles. The average molecular weight is 340 g/mol. The molecular formula is C21H28N2O2. The zero-order chi connectivity index (χ0) is 17.1. The average Bonchev–Trinajstić information content (AvgIpc) is 2.92. The van der Waals surface area contributed by atoms with E-state index in [9.17, 15) is 0 Å². The van der Waals surface area contributed by atoms with E-state index >= 15 is 0 Å². The Morgan fingerprint density at radius 3 is 2.76 bits per heavy atom. The molecule has 4 nitrogen and oxygen atoms in total. The second-order valence-electron chi connectivity index (χ2n) is 7.35. The molecule has 2 aliphatic rings. The Kier molecular flexibility index (Phi) is 5.07. The van der Waals surface area contributed by atoms with Gasteiger partial charge in [0.15, 0.2) is 0 Å². The number of hydrogen-bond acceptors (Lipinski definition) is 4. The van der Waals surface area contributed by atoms with Gasteiger partial charge in [-0.05, 0) is 56.3 Å². The van der Waals surface area contributed by atoms with Crippen molar-refractivity contribution in [2.24, 2.45) is 0 Å². The number of aromatic nitrogens is 1. The van der Waals surface area contributed by atoms with Crippen molar-refractivity contribution in [2.45, 2.75) is 64.0 Å². The van der Waals surface area contributed by atoms with Crippen LogP contribution in [0.3, 0.4) is 0 Å². The number of methoxy groups -OCH3 is 1. The Morgan fingerprint density at radius 1 is 1.08 bits per heavy atom. The molecule has 0 N–H and O–H groups in total. The quantitative estimate of drug-likeness (QED) is 0.810. The largest absolute Gasteiger partial charge is 0.497 e. The highest BCUT2D eigenvalue weighted by molar-refractivity contribution is 5.30. The summed E-state index contributed by atoms with van der Waals surface area (Å²) in [6.07, 6.45) is 9.80. The van der Waals surface area contributed by atoms with Gasteiger partial charge in [0, 0.05) is 24.6 Å².